The zero-order valence-electron chi connectivity index (χ0n) is 15.4. The van der Waals surface area contributed by atoms with Crippen molar-refractivity contribution in [3.05, 3.63) is 12.3 Å². The first kappa shape index (κ1) is 18.0. The number of nitrogens with one attached hydrogen (secondary N) is 1. The lowest BCUT2D eigenvalue weighted by molar-refractivity contribution is -0.132. The quantitative estimate of drug-likeness (QED) is 0.889. The summed E-state index contributed by atoms with van der Waals surface area (Å²) in [4.78, 5) is 25.8. The van der Waals surface area contributed by atoms with Gasteiger partial charge in [0, 0.05) is 45.3 Å². The SMILES string of the molecule is CCNc1nccc(N2CCC(CC(=O)N3CCCCCC3)CC2)n1. The molecule has 1 aromatic rings. The summed E-state index contributed by atoms with van der Waals surface area (Å²) in [7, 11) is 0. The maximum Gasteiger partial charge on any atom is 0.224 e. The monoisotopic (exact) mass is 345 g/mol. The molecule has 0 aliphatic carbocycles. The van der Waals surface area contributed by atoms with Crippen molar-refractivity contribution in [1.82, 2.24) is 14.9 Å². The van der Waals surface area contributed by atoms with Gasteiger partial charge in [-0.05, 0) is 44.6 Å². The van der Waals surface area contributed by atoms with Gasteiger partial charge in [0.05, 0.1) is 0 Å². The summed E-state index contributed by atoms with van der Waals surface area (Å²) in [6.07, 6.45) is 9.57. The summed E-state index contributed by atoms with van der Waals surface area (Å²) in [5.74, 6) is 2.57. The van der Waals surface area contributed by atoms with Crippen molar-refractivity contribution in [2.45, 2.75) is 51.9 Å². The topological polar surface area (TPSA) is 61.4 Å². The van der Waals surface area contributed by atoms with Crippen LogP contribution in [0.5, 0.6) is 0 Å². The molecule has 2 saturated heterocycles. The third-order valence-corrected chi connectivity index (χ3v) is 5.34. The number of carbonyl (C=O) groups excluding carboxylic acids is 1. The Morgan fingerprint density at radius 3 is 2.56 bits per heavy atom. The molecule has 0 spiro atoms. The fourth-order valence-corrected chi connectivity index (χ4v) is 3.83. The smallest absolute Gasteiger partial charge is 0.224 e. The van der Waals surface area contributed by atoms with Crippen LogP contribution in [0.4, 0.5) is 11.8 Å². The Bertz CT molecular complexity index is 549. The number of aromatic nitrogens is 2. The standard InChI is InChI=1S/C19H31N5O/c1-2-20-19-21-10-7-17(22-19)23-13-8-16(9-14-23)15-18(25)24-11-5-3-4-6-12-24/h7,10,16H,2-6,8-9,11-15H2,1H3,(H,20,21,22). The molecule has 2 fully saturated rings. The first-order valence-corrected chi connectivity index (χ1v) is 9.86. The van der Waals surface area contributed by atoms with Gasteiger partial charge in [-0.25, -0.2) is 4.98 Å². The molecule has 1 amide bonds. The van der Waals surface area contributed by atoms with Gasteiger partial charge in [-0.3, -0.25) is 4.79 Å². The molecule has 0 aromatic carbocycles. The molecule has 0 radical (unpaired) electrons. The average Bonchev–Trinajstić information content (AvgIpc) is 2.92. The number of anilines is 2. The van der Waals surface area contributed by atoms with Crippen molar-refractivity contribution in [2.24, 2.45) is 5.92 Å². The highest BCUT2D eigenvalue weighted by molar-refractivity contribution is 5.76. The number of carbonyl (C=O) groups is 1. The summed E-state index contributed by atoms with van der Waals surface area (Å²) in [5.41, 5.74) is 0. The predicted octanol–water partition coefficient (Wildman–Crippen LogP) is 2.92. The Kier molecular flexibility index (Phi) is 6.48. The number of hydrogen-bond donors (Lipinski definition) is 1. The van der Waals surface area contributed by atoms with Crippen molar-refractivity contribution in [3.63, 3.8) is 0 Å². The van der Waals surface area contributed by atoms with Gasteiger partial charge in [0.25, 0.3) is 0 Å². The third-order valence-electron chi connectivity index (χ3n) is 5.34. The molecule has 0 atom stereocenters. The van der Waals surface area contributed by atoms with Gasteiger partial charge in [0.1, 0.15) is 5.82 Å². The lowest BCUT2D eigenvalue weighted by Crippen LogP contribution is -2.38. The highest BCUT2D eigenvalue weighted by Crippen LogP contribution is 2.25. The molecule has 3 rings (SSSR count). The van der Waals surface area contributed by atoms with Crippen LogP contribution in [0.25, 0.3) is 0 Å². The van der Waals surface area contributed by atoms with Crippen LogP contribution < -0.4 is 10.2 Å². The number of piperidine rings is 1. The summed E-state index contributed by atoms with van der Waals surface area (Å²) < 4.78 is 0. The van der Waals surface area contributed by atoms with E-state index in [-0.39, 0.29) is 0 Å². The Morgan fingerprint density at radius 2 is 1.88 bits per heavy atom. The van der Waals surface area contributed by atoms with Crippen LogP contribution >= 0.6 is 0 Å². The second kappa shape index (κ2) is 9.02. The van der Waals surface area contributed by atoms with E-state index in [0.717, 1.165) is 57.8 Å². The van der Waals surface area contributed by atoms with Crippen molar-refractivity contribution >= 4 is 17.7 Å². The van der Waals surface area contributed by atoms with E-state index < -0.39 is 0 Å². The molecule has 1 N–H and O–H groups in total. The Hall–Kier alpha value is -1.85. The third kappa shape index (κ3) is 5.06. The fraction of sp³-hybridized carbons (Fsp3) is 0.737. The number of amides is 1. The number of nitrogens with zero attached hydrogens (tertiary/aromatic N) is 4. The molecule has 138 valence electrons. The minimum Gasteiger partial charge on any atom is -0.356 e. The van der Waals surface area contributed by atoms with E-state index in [4.69, 9.17) is 0 Å². The van der Waals surface area contributed by atoms with Crippen LogP contribution in [-0.4, -0.2) is 53.5 Å². The van der Waals surface area contributed by atoms with E-state index in [1.165, 1.54) is 25.7 Å². The molecule has 0 bridgehead atoms. The molecule has 2 aliphatic rings. The second-order valence-corrected chi connectivity index (χ2v) is 7.20. The second-order valence-electron chi connectivity index (χ2n) is 7.20. The van der Waals surface area contributed by atoms with Crippen LogP contribution in [-0.2, 0) is 4.79 Å². The zero-order valence-corrected chi connectivity index (χ0v) is 15.4. The Labute approximate surface area is 151 Å². The van der Waals surface area contributed by atoms with E-state index in [1.54, 1.807) is 0 Å². The molecule has 6 nitrogen and oxygen atoms in total. The largest absolute Gasteiger partial charge is 0.356 e. The van der Waals surface area contributed by atoms with Gasteiger partial charge in [-0.15, -0.1) is 0 Å². The van der Waals surface area contributed by atoms with Gasteiger partial charge in [-0.1, -0.05) is 12.8 Å². The lowest BCUT2D eigenvalue weighted by Gasteiger charge is -2.33. The number of hydrogen-bond acceptors (Lipinski definition) is 5. The van der Waals surface area contributed by atoms with Crippen LogP contribution in [0.1, 0.15) is 51.9 Å². The van der Waals surface area contributed by atoms with Crippen molar-refractivity contribution in [2.75, 3.05) is 42.9 Å². The first-order valence-electron chi connectivity index (χ1n) is 9.86. The van der Waals surface area contributed by atoms with Crippen LogP contribution in [0.2, 0.25) is 0 Å². The average molecular weight is 345 g/mol. The lowest BCUT2D eigenvalue weighted by atomic mass is 9.93. The van der Waals surface area contributed by atoms with Crippen LogP contribution in [0.15, 0.2) is 12.3 Å². The van der Waals surface area contributed by atoms with E-state index in [1.807, 2.05) is 19.2 Å². The van der Waals surface area contributed by atoms with E-state index in [2.05, 4.69) is 25.1 Å². The zero-order chi connectivity index (χ0) is 17.5. The normalized spacial score (nSPS) is 19.6. The summed E-state index contributed by atoms with van der Waals surface area (Å²) >= 11 is 0. The van der Waals surface area contributed by atoms with E-state index in [9.17, 15) is 4.79 Å². The van der Waals surface area contributed by atoms with Gasteiger partial charge < -0.3 is 15.1 Å². The van der Waals surface area contributed by atoms with Gasteiger partial charge in [-0.2, -0.15) is 4.98 Å². The molecule has 6 heteroatoms. The molecule has 0 saturated carbocycles. The molecule has 2 aliphatic heterocycles. The predicted molar refractivity (Wildman–Crippen MR) is 101 cm³/mol. The molecular weight excluding hydrogens is 314 g/mol. The molecular formula is C19H31N5O. The van der Waals surface area contributed by atoms with E-state index in [0.29, 0.717) is 17.8 Å². The highest BCUT2D eigenvalue weighted by Gasteiger charge is 2.25. The molecule has 1 aromatic heterocycles. The fourth-order valence-electron chi connectivity index (χ4n) is 3.83. The van der Waals surface area contributed by atoms with E-state index >= 15 is 0 Å². The summed E-state index contributed by atoms with van der Waals surface area (Å²) in [6, 6.07) is 1.98. The van der Waals surface area contributed by atoms with Crippen molar-refractivity contribution < 1.29 is 4.79 Å². The highest BCUT2D eigenvalue weighted by atomic mass is 16.2. The van der Waals surface area contributed by atoms with Crippen LogP contribution in [0, 0.1) is 5.92 Å². The summed E-state index contributed by atoms with van der Waals surface area (Å²) in [6.45, 7) is 6.74. The van der Waals surface area contributed by atoms with Gasteiger partial charge in [0.2, 0.25) is 11.9 Å². The van der Waals surface area contributed by atoms with Crippen molar-refractivity contribution in [1.29, 1.82) is 0 Å². The van der Waals surface area contributed by atoms with Gasteiger partial charge >= 0.3 is 0 Å². The maximum absolute atomic E-state index is 12.6. The van der Waals surface area contributed by atoms with Crippen molar-refractivity contribution in [3.8, 4) is 0 Å². The molecule has 3 heterocycles. The molecule has 0 unspecified atom stereocenters. The van der Waals surface area contributed by atoms with Crippen LogP contribution in [0.3, 0.4) is 0 Å². The minimum atomic E-state index is 0.372. The minimum absolute atomic E-state index is 0.372. The maximum atomic E-state index is 12.6. The number of likely N-dealkylation sites (tertiary alicyclic amines) is 1. The van der Waals surface area contributed by atoms with Gasteiger partial charge in [0.15, 0.2) is 0 Å². The number of rotatable bonds is 5. The Morgan fingerprint density at radius 1 is 1.16 bits per heavy atom. The Balaban J connectivity index is 1.48. The summed E-state index contributed by atoms with van der Waals surface area (Å²) in [5, 5.41) is 3.16. The molecule has 25 heavy (non-hydrogen) atoms. The first-order chi connectivity index (χ1) is 12.3.